The summed E-state index contributed by atoms with van der Waals surface area (Å²) in [4.78, 5) is 2.34. The number of hydrogen-bond acceptors (Lipinski definition) is 4. The molecule has 0 aliphatic carbocycles. The van der Waals surface area contributed by atoms with E-state index in [1.165, 1.54) is 12.8 Å². The van der Waals surface area contributed by atoms with Crippen molar-refractivity contribution < 1.29 is 8.42 Å². The van der Waals surface area contributed by atoms with Crippen molar-refractivity contribution in [2.45, 2.75) is 38.3 Å². The van der Waals surface area contributed by atoms with E-state index in [1.54, 1.807) is 0 Å². The molecule has 2 heterocycles. The number of rotatable bonds is 4. The third-order valence-corrected chi connectivity index (χ3v) is 5.50. The topological polar surface area (TPSA) is 49.4 Å². The number of nitrogens with zero attached hydrogens (tertiary/aromatic N) is 1. The molecule has 0 bridgehead atoms. The molecule has 5 heteroatoms. The van der Waals surface area contributed by atoms with Crippen LogP contribution in [0.15, 0.2) is 0 Å². The predicted octanol–water partition coefficient (Wildman–Crippen LogP) is 0.247. The molecule has 0 aromatic carbocycles. The molecule has 0 radical (unpaired) electrons. The average molecular weight is 246 g/mol. The molecule has 2 aliphatic heterocycles. The minimum Gasteiger partial charge on any atom is -0.313 e. The van der Waals surface area contributed by atoms with Crippen molar-refractivity contribution >= 4 is 9.84 Å². The standard InChI is InChI=1S/C11H22N2O2S/c1-2-13(8-10-4-3-6-12-10)11-5-7-16(14,15)9-11/h10-12H,2-9H2,1H3. The summed E-state index contributed by atoms with van der Waals surface area (Å²) in [5.74, 6) is 0.750. The SMILES string of the molecule is CCN(CC1CCCN1)C1CCS(=O)(=O)C1. The highest BCUT2D eigenvalue weighted by Gasteiger charge is 2.32. The summed E-state index contributed by atoms with van der Waals surface area (Å²) in [5.41, 5.74) is 0. The lowest BCUT2D eigenvalue weighted by Crippen LogP contribution is -2.43. The van der Waals surface area contributed by atoms with Gasteiger partial charge in [0.25, 0.3) is 0 Å². The Hall–Kier alpha value is -0.130. The Kier molecular flexibility index (Phi) is 3.87. The first-order chi connectivity index (χ1) is 7.61. The van der Waals surface area contributed by atoms with Crippen molar-refractivity contribution in [1.29, 1.82) is 0 Å². The van der Waals surface area contributed by atoms with Crippen LogP contribution in [0.2, 0.25) is 0 Å². The first-order valence-electron chi connectivity index (χ1n) is 6.28. The largest absolute Gasteiger partial charge is 0.313 e. The second-order valence-corrected chi connectivity index (χ2v) is 7.17. The molecule has 0 aromatic rings. The molecular weight excluding hydrogens is 224 g/mol. The van der Waals surface area contributed by atoms with Crippen molar-refractivity contribution in [3.05, 3.63) is 0 Å². The van der Waals surface area contributed by atoms with Crippen molar-refractivity contribution in [3.63, 3.8) is 0 Å². The van der Waals surface area contributed by atoms with Crippen LogP contribution < -0.4 is 5.32 Å². The molecule has 2 aliphatic rings. The van der Waals surface area contributed by atoms with Crippen LogP contribution in [0.4, 0.5) is 0 Å². The van der Waals surface area contributed by atoms with Crippen LogP contribution in [0.5, 0.6) is 0 Å². The summed E-state index contributed by atoms with van der Waals surface area (Å²) in [7, 11) is -2.75. The van der Waals surface area contributed by atoms with Gasteiger partial charge in [-0.2, -0.15) is 0 Å². The molecule has 2 fully saturated rings. The lowest BCUT2D eigenvalue weighted by molar-refractivity contribution is 0.204. The maximum Gasteiger partial charge on any atom is 0.151 e. The van der Waals surface area contributed by atoms with E-state index < -0.39 is 9.84 Å². The molecule has 0 amide bonds. The molecule has 2 rings (SSSR count). The van der Waals surface area contributed by atoms with Crippen LogP contribution in [0.1, 0.15) is 26.2 Å². The van der Waals surface area contributed by atoms with Gasteiger partial charge in [-0.05, 0) is 32.4 Å². The van der Waals surface area contributed by atoms with Crippen molar-refractivity contribution in [1.82, 2.24) is 10.2 Å². The minimum atomic E-state index is -2.75. The molecule has 16 heavy (non-hydrogen) atoms. The number of likely N-dealkylation sites (N-methyl/N-ethyl adjacent to an activating group) is 1. The molecular formula is C11H22N2O2S. The average Bonchev–Trinajstić information content (AvgIpc) is 2.83. The summed E-state index contributed by atoms with van der Waals surface area (Å²) in [5, 5.41) is 3.47. The van der Waals surface area contributed by atoms with Crippen LogP contribution in [-0.2, 0) is 9.84 Å². The summed E-state index contributed by atoms with van der Waals surface area (Å²) in [6, 6.07) is 0.834. The fourth-order valence-corrected chi connectivity index (χ4v) is 4.56. The highest BCUT2D eigenvalue weighted by molar-refractivity contribution is 7.91. The van der Waals surface area contributed by atoms with E-state index >= 15 is 0 Å². The Balaban J connectivity index is 1.89. The third-order valence-electron chi connectivity index (χ3n) is 3.75. The van der Waals surface area contributed by atoms with Gasteiger partial charge in [-0.25, -0.2) is 8.42 Å². The van der Waals surface area contributed by atoms with Crippen LogP contribution >= 0.6 is 0 Å². The number of hydrogen-bond donors (Lipinski definition) is 1. The van der Waals surface area contributed by atoms with Gasteiger partial charge in [-0.1, -0.05) is 6.92 Å². The quantitative estimate of drug-likeness (QED) is 0.772. The van der Waals surface area contributed by atoms with Gasteiger partial charge in [0.05, 0.1) is 11.5 Å². The highest BCUT2D eigenvalue weighted by atomic mass is 32.2. The summed E-state index contributed by atoms with van der Waals surface area (Å²) in [6.07, 6.45) is 3.31. The predicted molar refractivity (Wildman–Crippen MR) is 65.3 cm³/mol. The summed E-state index contributed by atoms with van der Waals surface area (Å²) < 4.78 is 22.9. The molecule has 4 nitrogen and oxygen atoms in total. The van der Waals surface area contributed by atoms with E-state index in [4.69, 9.17) is 0 Å². The molecule has 0 spiro atoms. The lowest BCUT2D eigenvalue weighted by Gasteiger charge is -2.29. The van der Waals surface area contributed by atoms with Crippen LogP contribution in [0.25, 0.3) is 0 Å². The minimum absolute atomic E-state index is 0.261. The second kappa shape index (κ2) is 5.02. The molecule has 94 valence electrons. The van der Waals surface area contributed by atoms with Gasteiger partial charge in [-0.15, -0.1) is 0 Å². The van der Waals surface area contributed by atoms with Crippen molar-refractivity contribution in [2.75, 3.05) is 31.1 Å². The van der Waals surface area contributed by atoms with Gasteiger partial charge in [0.2, 0.25) is 0 Å². The summed E-state index contributed by atoms with van der Waals surface area (Å²) >= 11 is 0. The van der Waals surface area contributed by atoms with Gasteiger partial charge in [0.15, 0.2) is 9.84 Å². The molecule has 0 saturated carbocycles. The van der Waals surface area contributed by atoms with Crippen LogP contribution in [-0.4, -0.2) is 56.5 Å². The molecule has 2 saturated heterocycles. The fraction of sp³-hybridized carbons (Fsp3) is 1.00. The Morgan fingerprint density at radius 3 is 2.69 bits per heavy atom. The van der Waals surface area contributed by atoms with Crippen LogP contribution in [0.3, 0.4) is 0 Å². The van der Waals surface area contributed by atoms with E-state index in [-0.39, 0.29) is 6.04 Å². The monoisotopic (exact) mass is 246 g/mol. The van der Waals surface area contributed by atoms with E-state index in [0.29, 0.717) is 17.5 Å². The summed E-state index contributed by atoms with van der Waals surface area (Å²) in [6.45, 7) is 5.21. The molecule has 1 N–H and O–H groups in total. The van der Waals surface area contributed by atoms with Gasteiger partial charge in [0.1, 0.15) is 0 Å². The molecule has 2 atom stereocenters. The van der Waals surface area contributed by atoms with E-state index in [1.807, 2.05) is 0 Å². The first kappa shape index (κ1) is 12.3. The zero-order valence-electron chi connectivity index (χ0n) is 9.98. The van der Waals surface area contributed by atoms with Gasteiger partial charge < -0.3 is 5.32 Å². The van der Waals surface area contributed by atoms with Crippen molar-refractivity contribution in [2.24, 2.45) is 0 Å². The van der Waals surface area contributed by atoms with Crippen molar-refractivity contribution in [3.8, 4) is 0 Å². The Morgan fingerprint density at radius 1 is 1.38 bits per heavy atom. The Labute approximate surface area is 98.3 Å². The van der Waals surface area contributed by atoms with Gasteiger partial charge in [-0.3, -0.25) is 4.90 Å². The zero-order valence-corrected chi connectivity index (χ0v) is 10.8. The third kappa shape index (κ3) is 2.96. The van der Waals surface area contributed by atoms with Gasteiger partial charge >= 0.3 is 0 Å². The maximum absolute atomic E-state index is 11.5. The molecule has 0 aromatic heterocycles. The molecule has 2 unspecified atom stereocenters. The fourth-order valence-electron chi connectivity index (χ4n) is 2.80. The Morgan fingerprint density at radius 2 is 2.19 bits per heavy atom. The van der Waals surface area contributed by atoms with Gasteiger partial charge in [0, 0.05) is 18.6 Å². The Bertz CT molecular complexity index is 323. The first-order valence-corrected chi connectivity index (χ1v) is 8.11. The lowest BCUT2D eigenvalue weighted by atomic mass is 10.1. The number of nitrogens with one attached hydrogen (secondary N) is 1. The van der Waals surface area contributed by atoms with E-state index in [2.05, 4.69) is 17.1 Å². The van der Waals surface area contributed by atoms with E-state index in [0.717, 1.165) is 26.1 Å². The smallest absolute Gasteiger partial charge is 0.151 e. The zero-order chi connectivity index (χ0) is 11.6. The second-order valence-electron chi connectivity index (χ2n) is 4.94. The van der Waals surface area contributed by atoms with E-state index in [9.17, 15) is 8.42 Å². The normalized spacial score (nSPS) is 33.6. The maximum atomic E-state index is 11.5. The number of sulfone groups is 1. The highest BCUT2D eigenvalue weighted by Crippen LogP contribution is 2.19. The van der Waals surface area contributed by atoms with Crippen LogP contribution in [0, 0.1) is 0 Å².